The van der Waals surface area contributed by atoms with Crippen LogP contribution in [0.1, 0.15) is 22.5 Å². The number of nitrogens with one attached hydrogen (secondary N) is 1. The smallest absolute Gasteiger partial charge is 0.268 e. The largest absolute Gasteiger partial charge is 0.348 e. The molecule has 2 aromatic rings. The van der Waals surface area contributed by atoms with Crippen LogP contribution < -0.4 is 10.2 Å². The van der Waals surface area contributed by atoms with Crippen LogP contribution in [0.4, 0.5) is 11.6 Å². The monoisotopic (exact) mass is 429 g/mol. The van der Waals surface area contributed by atoms with E-state index in [2.05, 4.69) is 21.4 Å². The van der Waals surface area contributed by atoms with Gasteiger partial charge in [-0.3, -0.25) is 9.59 Å². The normalized spacial score (nSPS) is 20.9. The predicted octanol–water partition coefficient (Wildman–Crippen LogP) is 3.16. The number of hydrogen-bond donors (Lipinski definition) is 1. The minimum absolute atomic E-state index is 0.115. The third-order valence-corrected chi connectivity index (χ3v) is 7.06. The molecule has 29 heavy (non-hydrogen) atoms. The van der Waals surface area contributed by atoms with Gasteiger partial charge in [-0.15, -0.1) is 11.3 Å². The summed E-state index contributed by atoms with van der Waals surface area (Å²) in [7, 11) is 1.85. The van der Waals surface area contributed by atoms with E-state index in [1.807, 2.05) is 23.9 Å². The van der Waals surface area contributed by atoms with Crippen LogP contribution in [-0.2, 0) is 11.3 Å². The molecule has 4 heterocycles. The van der Waals surface area contributed by atoms with Gasteiger partial charge in [0, 0.05) is 31.8 Å². The Labute approximate surface area is 177 Å². The molecular formula is C20H20ClN5O2S. The lowest BCUT2D eigenvalue weighted by Gasteiger charge is -2.34. The van der Waals surface area contributed by atoms with Crippen LogP contribution in [0.5, 0.6) is 0 Å². The molecule has 1 aliphatic carbocycles. The molecule has 0 fully saturated rings. The lowest BCUT2D eigenvalue weighted by molar-refractivity contribution is -0.126. The van der Waals surface area contributed by atoms with Crippen LogP contribution in [-0.4, -0.2) is 52.7 Å². The van der Waals surface area contributed by atoms with Crippen LogP contribution in [0, 0.1) is 0 Å². The van der Waals surface area contributed by atoms with E-state index in [0.29, 0.717) is 15.7 Å². The van der Waals surface area contributed by atoms with Crippen LogP contribution in [0.25, 0.3) is 0 Å². The van der Waals surface area contributed by atoms with E-state index in [0.717, 1.165) is 43.9 Å². The van der Waals surface area contributed by atoms with Gasteiger partial charge in [0.15, 0.2) is 5.82 Å². The molecule has 1 atom stereocenters. The number of carbonyl (C=O) groups excluding carboxylic acids is 2. The molecule has 0 radical (unpaired) electrons. The van der Waals surface area contributed by atoms with Gasteiger partial charge >= 0.3 is 0 Å². The fourth-order valence-electron chi connectivity index (χ4n) is 4.18. The van der Waals surface area contributed by atoms with E-state index in [9.17, 15) is 9.59 Å². The van der Waals surface area contributed by atoms with Gasteiger partial charge in [-0.1, -0.05) is 29.3 Å². The van der Waals surface area contributed by atoms with Crippen molar-refractivity contribution in [3.05, 3.63) is 50.7 Å². The average Bonchev–Trinajstić information content (AvgIpc) is 3.40. The number of carbonyl (C=O) groups is 2. The first-order valence-electron chi connectivity index (χ1n) is 9.56. The highest BCUT2D eigenvalue weighted by molar-refractivity contribution is 7.12. The second kappa shape index (κ2) is 7.03. The molecule has 5 rings (SSSR count). The molecule has 3 aliphatic rings. The number of likely N-dealkylation sites (N-methyl/N-ethyl adjacent to an activating group) is 1. The third-order valence-electron chi connectivity index (χ3n) is 5.72. The second-order valence-corrected chi connectivity index (χ2v) is 8.80. The Morgan fingerprint density at radius 1 is 1.34 bits per heavy atom. The van der Waals surface area contributed by atoms with Crippen molar-refractivity contribution in [2.45, 2.75) is 25.4 Å². The second-order valence-electron chi connectivity index (χ2n) is 7.48. The van der Waals surface area contributed by atoms with Gasteiger partial charge in [-0.05, 0) is 24.3 Å². The van der Waals surface area contributed by atoms with Gasteiger partial charge in [0.05, 0.1) is 17.6 Å². The molecule has 2 aliphatic heterocycles. The maximum Gasteiger partial charge on any atom is 0.268 e. The SMILES string of the molecule is CN1CCC2=C(C=CC(N3CCn4nc(NC(=O)c5sccc5Cl)cc43)C2)C1=O. The molecule has 150 valence electrons. The van der Waals surface area contributed by atoms with Crippen molar-refractivity contribution in [3.63, 3.8) is 0 Å². The van der Waals surface area contributed by atoms with Crippen molar-refractivity contribution < 1.29 is 9.59 Å². The van der Waals surface area contributed by atoms with Crippen LogP contribution in [0.3, 0.4) is 0 Å². The summed E-state index contributed by atoms with van der Waals surface area (Å²) in [6.45, 7) is 2.40. The van der Waals surface area contributed by atoms with E-state index < -0.39 is 0 Å². The third kappa shape index (κ3) is 3.16. The number of fused-ring (bicyclic) bond motifs is 1. The highest BCUT2D eigenvalue weighted by Crippen LogP contribution is 2.34. The standard InChI is InChI=1S/C20H20ClN5O2S/c1-24-6-4-12-10-13(2-3-14(12)20(24)28)25-7-8-26-17(25)11-16(23-26)22-19(27)18-15(21)5-9-29-18/h2-3,5,9,11,13H,4,6-8,10H2,1H3,(H,22,23,27). The molecule has 7 nitrogen and oxygen atoms in total. The Morgan fingerprint density at radius 3 is 3.00 bits per heavy atom. The Balaban J connectivity index is 1.33. The molecule has 2 amide bonds. The summed E-state index contributed by atoms with van der Waals surface area (Å²) >= 11 is 7.36. The van der Waals surface area contributed by atoms with Crippen LogP contribution in [0.15, 0.2) is 40.8 Å². The van der Waals surface area contributed by atoms with E-state index >= 15 is 0 Å². The summed E-state index contributed by atoms with van der Waals surface area (Å²) < 4.78 is 1.92. The van der Waals surface area contributed by atoms with Gasteiger partial charge in [-0.25, -0.2) is 4.68 Å². The number of thiophene rings is 1. The fourth-order valence-corrected chi connectivity index (χ4v) is 5.22. The Kier molecular flexibility index (Phi) is 4.48. The summed E-state index contributed by atoms with van der Waals surface area (Å²) in [5.74, 6) is 1.37. The summed E-state index contributed by atoms with van der Waals surface area (Å²) in [4.78, 5) is 29.3. The summed E-state index contributed by atoms with van der Waals surface area (Å²) in [6.07, 6.45) is 5.86. The van der Waals surface area contributed by atoms with E-state index in [1.165, 1.54) is 16.9 Å². The highest BCUT2D eigenvalue weighted by Gasteiger charge is 2.32. The van der Waals surface area contributed by atoms with E-state index in [-0.39, 0.29) is 17.9 Å². The number of halogens is 1. The molecular weight excluding hydrogens is 410 g/mol. The van der Waals surface area contributed by atoms with Gasteiger partial charge < -0.3 is 15.1 Å². The molecule has 0 saturated carbocycles. The number of rotatable bonds is 3. The molecule has 0 spiro atoms. The highest BCUT2D eigenvalue weighted by atomic mass is 35.5. The van der Waals surface area contributed by atoms with Crippen molar-refractivity contribution in [2.75, 3.05) is 30.4 Å². The first-order chi connectivity index (χ1) is 14.0. The number of amides is 2. The summed E-state index contributed by atoms with van der Waals surface area (Å²) in [6, 6.07) is 3.81. The Morgan fingerprint density at radius 2 is 2.21 bits per heavy atom. The summed E-state index contributed by atoms with van der Waals surface area (Å²) in [5, 5.41) is 9.61. The van der Waals surface area contributed by atoms with Crippen molar-refractivity contribution in [2.24, 2.45) is 0 Å². The van der Waals surface area contributed by atoms with Crippen molar-refractivity contribution in [3.8, 4) is 0 Å². The summed E-state index contributed by atoms with van der Waals surface area (Å²) in [5.41, 5.74) is 2.09. The first-order valence-corrected chi connectivity index (χ1v) is 10.8. The Bertz CT molecular complexity index is 1070. The molecule has 9 heteroatoms. The van der Waals surface area contributed by atoms with Crippen molar-refractivity contribution in [1.29, 1.82) is 0 Å². The molecule has 2 aromatic heterocycles. The van der Waals surface area contributed by atoms with Crippen LogP contribution >= 0.6 is 22.9 Å². The Hall–Kier alpha value is -2.58. The van der Waals surface area contributed by atoms with Crippen molar-refractivity contribution >= 4 is 46.4 Å². The lowest BCUT2D eigenvalue weighted by atomic mass is 9.88. The molecule has 1 N–H and O–H groups in total. The van der Waals surface area contributed by atoms with Gasteiger partial charge in [0.2, 0.25) is 0 Å². The number of anilines is 2. The van der Waals surface area contributed by atoms with Gasteiger partial charge in [-0.2, -0.15) is 5.10 Å². The first kappa shape index (κ1) is 18.4. The topological polar surface area (TPSA) is 70.5 Å². The molecule has 0 saturated heterocycles. The minimum Gasteiger partial charge on any atom is -0.348 e. The van der Waals surface area contributed by atoms with Crippen LogP contribution in [0.2, 0.25) is 5.02 Å². The quantitative estimate of drug-likeness (QED) is 0.813. The lowest BCUT2D eigenvalue weighted by Crippen LogP contribution is -2.39. The van der Waals surface area contributed by atoms with Crippen molar-refractivity contribution in [1.82, 2.24) is 14.7 Å². The zero-order valence-corrected chi connectivity index (χ0v) is 17.5. The zero-order valence-electron chi connectivity index (χ0n) is 15.9. The average molecular weight is 430 g/mol. The minimum atomic E-state index is -0.245. The predicted molar refractivity (Wildman–Crippen MR) is 114 cm³/mol. The molecule has 1 unspecified atom stereocenters. The van der Waals surface area contributed by atoms with E-state index in [1.54, 1.807) is 16.3 Å². The van der Waals surface area contributed by atoms with Gasteiger partial charge in [0.1, 0.15) is 10.7 Å². The maximum absolute atomic E-state index is 12.4. The number of nitrogens with zero attached hydrogens (tertiary/aromatic N) is 4. The molecule has 0 aromatic carbocycles. The fraction of sp³-hybridized carbons (Fsp3) is 0.350. The van der Waals surface area contributed by atoms with E-state index in [4.69, 9.17) is 11.6 Å². The maximum atomic E-state index is 12.4. The number of hydrogen-bond acceptors (Lipinski definition) is 5. The molecule has 0 bridgehead atoms. The zero-order chi connectivity index (χ0) is 20.1. The number of aromatic nitrogens is 2. The van der Waals surface area contributed by atoms with Gasteiger partial charge in [0.25, 0.3) is 11.8 Å².